The van der Waals surface area contributed by atoms with Gasteiger partial charge in [0.05, 0.1) is 31.3 Å². The molecule has 0 saturated carbocycles. The van der Waals surface area contributed by atoms with E-state index < -0.39 is 0 Å². The number of aromatic nitrogens is 2. The van der Waals surface area contributed by atoms with Crippen LogP contribution in [-0.2, 0) is 6.54 Å². The van der Waals surface area contributed by atoms with Crippen LogP contribution >= 0.6 is 12.2 Å². The van der Waals surface area contributed by atoms with Crippen LogP contribution in [0.25, 0.3) is 11.0 Å². The lowest BCUT2D eigenvalue weighted by atomic mass is 10.0. The Morgan fingerprint density at radius 2 is 2.03 bits per heavy atom. The SMILES string of the molecule is CCn1c(=S)[nH]c2cc(C(=O)N3CCC[C@@H]3c3cc(OC)ccc3OC)ccc21. The highest BCUT2D eigenvalue weighted by Gasteiger charge is 2.33. The van der Waals surface area contributed by atoms with Crippen LogP contribution in [0, 0.1) is 4.77 Å². The van der Waals surface area contributed by atoms with E-state index in [0.29, 0.717) is 16.9 Å². The normalized spacial score (nSPS) is 16.4. The van der Waals surface area contributed by atoms with E-state index in [-0.39, 0.29) is 11.9 Å². The average Bonchev–Trinajstić information content (AvgIpc) is 3.35. The first-order valence-electron chi connectivity index (χ1n) is 9.82. The zero-order valence-corrected chi connectivity index (χ0v) is 17.7. The number of benzene rings is 2. The zero-order valence-electron chi connectivity index (χ0n) is 16.9. The molecule has 2 heterocycles. The van der Waals surface area contributed by atoms with Crippen LogP contribution in [0.5, 0.6) is 11.5 Å². The number of hydrogen-bond donors (Lipinski definition) is 1. The standard InChI is InChI=1S/C22H25N3O3S/c1-4-24-19-9-7-14(12-17(19)23-22(24)29)21(26)25-11-5-6-18(25)16-13-15(27-2)8-10-20(16)28-3/h7-10,12-13,18H,4-6,11H2,1-3H3,(H,23,29)/t18-/m1/s1. The van der Waals surface area contributed by atoms with Crippen molar-refractivity contribution in [2.75, 3.05) is 20.8 Å². The lowest BCUT2D eigenvalue weighted by Crippen LogP contribution is -2.30. The number of H-pyrrole nitrogens is 1. The second-order valence-electron chi connectivity index (χ2n) is 7.17. The maximum absolute atomic E-state index is 13.4. The Kier molecular flexibility index (Phi) is 5.32. The smallest absolute Gasteiger partial charge is 0.254 e. The van der Waals surface area contributed by atoms with Crippen LogP contribution in [0.15, 0.2) is 36.4 Å². The Balaban J connectivity index is 1.70. The Morgan fingerprint density at radius 1 is 1.21 bits per heavy atom. The molecule has 29 heavy (non-hydrogen) atoms. The van der Waals surface area contributed by atoms with Crippen LogP contribution in [0.2, 0.25) is 0 Å². The van der Waals surface area contributed by atoms with Gasteiger partial charge >= 0.3 is 0 Å². The predicted molar refractivity (Wildman–Crippen MR) is 115 cm³/mol. The third kappa shape index (κ3) is 3.40. The third-order valence-corrected chi connectivity index (χ3v) is 5.97. The van der Waals surface area contributed by atoms with Crippen LogP contribution < -0.4 is 9.47 Å². The number of fused-ring (bicyclic) bond motifs is 1. The molecule has 1 N–H and O–H groups in total. The lowest BCUT2D eigenvalue weighted by molar-refractivity contribution is 0.0734. The van der Waals surface area contributed by atoms with Gasteiger partial charge in [-0.3, -0.25) is 4.79 Å². The number of hydrogen-bond acceptors (Lipinski definition) is 4. The van der Waals surface area contributed by atoms with E-state index in [1.807, 2.05) is 45.9 Å². The quantitative estimate of drug-likeness (QED) is 0.618. The van der Waals surface area contributed by atoms with Crippen molar-refractivity contribution >= 4 is 29.2 Å². The Labute approximate surface area is 175 Å². The molecule has 6 nitrogen and oxygen atoms in total. The minimum Gasteiger partial charge on any atom is -0.497 e. The van der Waals surface area contributed by atoms with E-state index >= 15 is 0 Å². The van der Waals surface area contributed by atoms with Crippen LogP contribution in [0.1, 0.15) is 41.7 Å². The molecule has 1 atom stereocenters. The minimum absolute atomic E-state index is 0.0165. The second kappa shape index (κ2) is 7.91. The second-order valence-corrected chi connectivity index (χ2v) is 7.56. The van der Waals surface area contributed by atoms with E-state index in [1.54, 1.807) is 14.2 Å². The van der Waals surface area contributed by atoms with Gasteiger partial charge in [-0.05, 0) is 68.4 Å². The molecule has 1 amide bonds. The Bertz CT molecular complexity index is 1120. The number of ether oxygens (including phenoxy) is 2. The molecule has 0 bridgehead atoms. The molecule has 1 fully saturated rings. The molecule has 0 spiro atoms. The van der Waals surface area contributed by atoms with Crippen molar-refractivity contribution < 1.29 is 14.3 Å². The topological polar surface area (TPSA) is 59.5 Å². The molecule has 0 unspecified atom stereocenters. The van der Waals surface area contributed by atoms with Gasteiger partial charge in [0.25, 0.3) is 5.91 Å². The van der Waals surface area contributed by atoms with Gasteiger partial charge in [-0.1, -0.05) is 0 Å². The number of aromatic amines is 1. The molecule has 1 saturated heterocycles. The van der Waals surface area contributed by atoms with Gasteiger partial charge in [0.15, 0.2) is 4.77 Å². The third-order valence-electron chi connectivity index (χ3n) is 5.65. The molecule has 1 aliphatic rings. The van der Waals surface area contributed by atoms with Gasteiger partial charge in [-0.15, -0.1) is 0 Å². The van der Waals surface area contributed by atoms with Gasteiger partial charge in [0.1, 0.15) is 11.5 Å². The van der Waals surface area contributed by atoms with Crippen molar-refractivity contribution in [3.05, 3.63) is 52.3 Å². The summed E-state index contributed by atoms with van der Waals surface area (Å²) in [6, 6.07) is 11.5. The number of nitrogens with zero attached hydrogens (tertiary/aromatic N) is 2. The maximum Gasteiger partial charge on any atom is 0.254 e. The molecule has 0 radical (unpaired) electrons. The molecule has 3 aromatic rings. The van der Waals surface area contributed by atoms with Crippen molar-refractivity contribution in [3.63, 3.8) is 0 Å². The summed E-state index contributed by atoms with van der Waals surface area (Å²) in [5.74, 6) is 1.55. The zero-order chi connectivity index (χ0) is 20.5. The van der Waals surface area contributed by atoms with E-state index in [9.17, 15) is 4.79 Å². The fourth-order valence-electron chi connectivity index (χ4n) is 4.21. The average molecular weight is 412 g/mol. The van der Waals surface area contributed by atoms with Crippen molar-refractivity contribution in [3.8, 4) is 11.5 Å². The van der Waals surface area contributed by atoms with Crippen molar-refractivity contribution in [2.45, 2.75) is 32.4 Å². The van der Waals surface area contributed by atoms with Gasteiger partial charge in [0.2, 0.25) is 0 Å². The van der Waals surface area contributed by atoms with E-state index in [4.69, 9.17) is 21.7 Å². The number of nitrogens with one attached hydrogen (secondary N) is 1. The number of amides is 1. The van der Waals surface area contributed by atoms with E-state index in [0.717, 1.165) is 47.5 Å². The monoisotopic (exact) mass is 411 g/mol. The largest absolute Gasteiger partial charge is 0.497 e. The predicted octanol–water partition coefficient (Wildman–Crippen LogP) is 4.71. The Hall–Kier alpha value is -2.80. The Morgan fingerprint density at radius 3 is 2.76 bits per heavy atom. The number of likely N-dealkylation sites (tertiary alicyclic amines) is 1. The minimum atomic E-state index is -0.0398. The highest BCUT2D eigenvalue weighted by atomic mass is 32.1. The summed E-state index contributed by atoms with van der Waals surface area (Å²) in [5, 5.41) is 0. The van der Waals surface area contributed by atoms with E-state index in [2.05, 4.69) is 11.9 Å². The van der Waals surface area contributed by atoms with Crippen LogP contribution in [0.4, 0.5) is 0 Å². The number of methoxy groups -OCH3 is 2. The van der Waals surface area contributed by atoms with Gasteiger partial charge < -0.3 is 23.9 Å². The molecule has 1 aromatic heterocycles. The number of rotatable bonds is 5. The van der Waals surface area contributed by atoms with Crippen LogP contribution in [-0.4, -0.2) is 41.1 Å². The van der Waals surface area contributed by atoms with Gasteiger partial charge in [-0.25, -0.2) is 0 Å². The van der Waals surface area contributed by atoms with Crippen molar-refractivity contribution in [1.29, 1.82) is 0 Å². The first-order valence-corrected chi connectivity index (χ1v) is 10.2. The molecule has 7 heteroatoms. The summed E-state index contributed by atoms with van der Waals surface area (Å²) in [6.45, 7) is 3.56. The number of carbonyl (C=O) groups is 1. The number of aryl methyl sites for hydroxylation is 1. The summed E-state index contributed by atoms with van der Waals surface area (Å²) in [4.78, 5) is 18.5. The lowest BCUT2D eigenvalue weighted by Gasteiger charge is -2.27. The van der Waals surface area contributed by atoms with Crippen molar-refractivity contribution in [2.24, 2.45) is 0 Å². The van der Waals surface area contributed by atoms with Crippen molar-refractivity contribution in [1.82, 2.24) is 14.5 Å². The molecule has 2 aromatic carbocycles. The molecular formula is C22H25N3O3S. The number of carbonyl (C=O) groups excluding carboxylic acids is 1. The molecule has 1 aliphatic heterocycles. The molecule has 4 rings (SSSR count). The fourth-order valence-corrected chi connectivity index (χ4v) is 4.55. The van der Waals surface area contributed by atoms with Crippen LogP contribution in [0.3, 0.4) is 0 Å². The highest BCUT2D eigenvalue weighted by Crippen LogP contribution is 2.39. The summed E-state index contributed by atoms with van der Waals surface area (Å²) in [7, 11) is 3.30. The highest BCUT2D eigenvalue weighted by molar-refractivity contribution is 7.71. The summed E-state index contributed by atoms with van der Waals surface area (Å²) in [5.41, 5.74) is 3.54. The van der Waals surface area contributed by atoms with E-state index in [1.165, 1.54) is 0 Å². The van der Waals surface area contributed by atoms with Gasteiger partial charge in [0, 0.05) is 24.2 Å². The first kappa shape index (κ1) is 19.5. The number of imidazole rings is 1. The summed E-state index contributed by atoms with van der Waals surface area (Å²) >= 11 is 5.39. The molecule has 152 valence electrons. The molecule has 0 aliphatic carbocycles. The summed E-state index contributed by atoms with van der Waals surface area (Å²) in [6.07, 6.45) is 1.85. The first-order chi connectivity index (χ1) is 14.1. The summed E-state index contributed by atoms with van der Waals surface area (Å²) < 4.78 is 13.7. The maximum atomic E-state index is 13.4. The van der Waals surface area contributed by atoms with Gasteiger partial charge in [-0.2, -0.15) is 0 Å². The fraction of sp³-hybridized carbons (Fsp3) is 0.364. The molecular weight excluding hydrogens is 386 g/mol.